The molecule has 0 fully saturated rings. The molecule has 0 spiro atoms. The molecule has 3 aromatic carbocycles. The van der Waals surface area contributed by atoms with Crippen molar-refractivity contribution in [2.24, 2.45) is 0 Å². The number of carbonyl (C=O) groups is 1. The highest BCUT2D eigenvalue weighted by Gasteiger charge is 2.11. The highest BCUT2D eigenvalue weighted by Crippen LogP contribution is 2.18. The maximum atomic E-state index is 12.4. The fourth-order valence-corrected chi connectivity index (χ4v) is 4.02. The van der Waals surface area contributed by atoms with E-state index in [4.69, 9.17) is 9.72 Å². The van der Waals surface area contributed by atoms with Crippen molar-refractivity contribution in [3.63, 3.8) is 0 Å². The molecule has 176 valence electrons. The van der Waals surface area contributed by atoms with Crippen molar-refractivity contribution < 1.29 is 9.53 Å². The number of aryl methyl sites for hydroxylation is 4. The summed E-state index contributed by atoms with van der Waals surface area (Å²) < 4.78 is 8.20. The molecule has 0 saturated carbocycles. The number of para-hydroxylation sites is 2. The van der Waals surface area contributed by atoms with E-state index in [1.54, 1.807) is 0 Å². The third kappa shape index (κ3) is 6.25. The molecule has 0 aliphatic heterocycles. The fourth-order valence-electron chi connectivity index (χ4n) is 4.02. The normalized spacial score (nSPS) is 11.0. The van der Waals surface area contributed by atoms with E-state index in [1.165, 1.54) is 11.1 Å². The van der Waals surface area contributed by atoms with Crippen LogP contribution < -0.4 is 10.1 Å². The molecule has 0 bridgehead atoms. The van der Waals surface area contributed by atoms with Gasteiger partial charge in [0.25, 0.3) is 5.91 Å². The minimum atomic E-state index is -0.0259. The van der Waals surface area contributed by atoms with Crippen LogP contribution in [0.3, 0.4) is 0 Å². The van der Waals surface area contributed by atoms with E-state index in [9.17, 15) is 4.79 Å². The molecule has 4 rings (SSSR count). The number of unbranched alkanes of at least 4 members (excludes halogenated alkanes) is 1. The van der Waals surface area contributed by atoms with Gasteiger partial charge in [-0.15, -0.1) is 0 Å². The Bertz CT molecular complexity index is 1210. The number of aromatic nitrogens is 2. The van der Waals surface area contributed by atoms with E-state index in [1.807, 2.05) is 49.4 Å². The first-order valence-electron chi connectivity index (χ1n) is 12.1. The van der Waals surface area contributed by atoms with Crippen molar-refractivity contribution >= 4 is 16.9 Å². The SMILES string of the molecule is Cc1ccc(OCCCCn2c(CCCNC(=O)c3ccc(C)cc3)nc3ccccc32)cc1. The fraction of sp³-hybridized carbons (Fsp3) is 0.310. The predicted molar refractivity (Wildman–Crippen MR) is 137 cm³/mol. The zero-order valence-corrected chi connectivity index (χ0v) is 20.1. The molecule has 1 N–H and O–H groups in total. The number of hydrogen-bond donors (Lipinski definition) is 1. The first-order chi connectivity index (χ1) is 16.6. The Morgan fingerprint density at radius 1 is 0.882 bits per heavy atom. The molecule has 0 aliphatic carbocycles. The number of hydrogen-bond acceptors (Lipinski definition) is 3. The van der Waals surface area contributed by atoms with E-state index in [-0.39, 0.29) is 5.91 Å². The molecule has 0 aliphatic rings. The first kappa shape index (κ1) is 23.6. The Labute approximate surface area is 201 Å². The third-order valence-electron chi connectivity index (χ3n) is 5.98. The lowest BCUT2D eigenvalue weighted by atomic mass is 10.1. The Morgan fingerprint density at radius 2 is 1.59 bits per heavy atom. The maximum Gasteiger partial charge on any atom is 0.251 e. The number of benzene rings is 3. The van der Waals surface area contributed by atoms with Crippen LogP contribution in [0.5, 0.6) is 5.75 Å². The molecule has 5 heteroatoms. The lowest BCUT2D eigenvalue weighted by Gasteiger charge is -2.11. The van der Waals surface area contributed by atoms with Crippen LogP contribution in [0.25, 0.3) is 11.0 Å². The van der Waals surface area contributed by atoms with Gasteiger partial charge in [-0.25, -0.2) is 4.98 Å². The van der Waals surface area contributed by atoms with Crippen LogP contribution in [0.1, 0.15) is 46.6 Å². The molecule has 0 radical (unpaired) electrons. The summed E-state index contributed by atoms with van der Waals surface area (Å²) in [6, 6.07) is 24.1. The molecule has 1 heterocycles. The quantitative estimate of drug-likeness (QED) is 0.288. The topological polar surface area (TPSA) is 56.1 Å². The zero-order valence-electron chi connectivity index (χ0n) is 20.1. The summed E-state index contributed by atoms with van der Waals surface area (Å²) in [7, 11) is 0. The van der Waals surface area contributed by atoms with Crippen LogP contribution in [0, 0.1) is 13.8 Å². The minimum Gasteiger partial charge on any atom is -0.494 e. The van der Waals surface area contributed by atoms with Gasteiger partial charge < -0.3 is 14.6 Å². The molecule has 4 aromatic rings. The lowest BCUT2D eigenvalue weighted by molar-refractivity contribution is 0.0953. The average Bonchev–Trinajstić information content (AvgIpc) is 3.20. The van der Waals surface area contributed by atoms with Crippen LogP contribution in [-0.2, 0) is 13.0 Å². The standard InChI is InChI=1S/C29H33N3O2/c1-22-11-15-24(16-12-22)29(33)30-19-7-10-28-31-26-8-3-4-9-27(26)32(28)20-5-6-21-34-25-17-13-23(2)14-18-25/h3-4,8-9,11-18H,5-7,10,19-21H2,1-2H3,(H,30,33). The predicted octanol–water partition coefficient (Wildman–Crippen LogP) is 5.87. The summed E-state index contributed by atoms with van der Waals surface area (Å²) in [5, 5.41) is 3.03. The summed E-state index contributed by atoms with van der Waals surface area (Å²) in [6.45, 7) is 6.33. The van der Waals surface area contributed by atoms with Crippen LogP contribution in [-0.4, -0.2) is 28.6 Å². The number of rotatable bonds is 11. The monoisotopic (exact) mass is 455 g/mol. The molecule has 0 atom stereocenters. The smallest absolute Gasteiger partial charge is 0.251 e. The van der Waals surface area contributed by atoms with Crippen molar-refractivity contribution in [3.05, 3.63) is 95.3 Å². The van der Waals surface area contributed by atoms with E-state index in [0.29, 0.717) is 18.7 Å². The summed E-state index contributed by atoms with van der Waals surface area (Å²) in [4.78, 5) is 17.2. The van der Waals surface area contributed by atoms with Crippen LogP contribution in [0.2, 0.25) is 0 Å². The van der Waals surface area contributed by atoms with Gasteiger partial charge in [0, 0.05) is 25.1 Å². The van der Waals surface area contributed by atoms with Crippen molar-refractivity contribution in [2.45, 2.75) is 46.1 Å². The number of amides is 1. The molecule has 1 aromatic heterocycles. The Hall–Kier alpha value is -3.60. The Balaban J connectivity index is 1.28. The van der Waals surface area contributed by atoms with Crippen molar-refractivity contribution in [1.29, 1.82) is 0 Å². The van der Waals surface area contributed by atoms with Crippen molar-refractivity contribution in [1.82, 2.24) is 14.9 Å². The van der Waals surface area contributed by atoms with Gasteiger partial charge in [0.15, 0.2) is 0 Å². The number of nitrogens with zero attached hydrogens (tertiary/aromatic N) is 2. The Kier molecular flexibility index (Phi) is 7.97. The summed E-state index contributed by atoms with van der Waals surface area (Å²) in [5.41, 5.74) is 5.28. The van der Waals surface area contributed by atoms with Crippen molar-refractivity contribution in [3.8, 4) is 5.75 Å². The summed E-state index contributed by atoms with van der Waals surface area (Å²) in [5.74, 6) is 1.97. The van der Waals surface area contributed by atoms with Gasteiger partial charge in [-0.3, -0.25) is 4.79 Å². The number of imidazole rings is 1. The minimum absolute atomic E-state index is 0.0259. The zero-order chi connectivity index (χ0) is 23.8. The van der Waals surface area contributed by atoms with Crippen molar-refractivity contribution in [2.75, 3.05) is 13.2 Å². The molecular formula is C29H33N3O2. The Morgan fingerprint density at radius 3 is 2.35 bits per heavy atom. The second-order valence-electron chi connectivity index (χ2n) is 8.76. The largest absolute Gasteiger partial charge is 0.494 e. The second-order valence-corrected chi connectivity index (χ2v) is 8.76. The van der Waals surface area contributed by atoms with Gasteiger partial charge in [-0.05, 0) is 69.5 Å². The van der Waals surface area contributed by atoms with E-state index >= 15 is 0 Å². The third-order valence-corrected chi connectivity index (χ3v) is 5.98. The molecule has 1 amide bonds. The number of nitrogens with one attached hydrogen (secondary N) is 1. The van der Waals surface area contributed by atoms with Gasteiger partial charge >= 0.3 is 0 Å². The van der Waals surface area contributed by atoms with Gasteiger partial charge in [-0.2, -0.15) is 0 Å². The summed E-state index contributed by atoms with van der Waals surface area (Å²) >= 11 is 0. The highest BCUT2D eigenvalue weighted by molar-refractivity contribution is 5.94. The summed E-state index contributed by atoms with van der Waals surface area (Å²) in [6.07, 6.45) is 3.66. The van der Waals surface area contributed by atoms with Crippen LogP contribution in [0.15, 0.2) is 72.8 Å². The molecule has 5 nitrogen and oxygen atoms in total. The molecule has 0 saturated heterocycles. The molecule has 34 heavy (non-hydrogen) atoms. The maximum absolute atomic E-state index is 12.4. The second kappa shape index (κ2) is 11.5. The van der Waals surface area contributed by atoms with Gasteiger partial charge in [-0.1, -0.05) is 47.5 Å². The number of fused-ring (bicyclic) bond motifs is 1. The number of carbonyl (C=O) groups excluding carboxylic acids is 1. The molecular weight excluding hydrogens is 422 g/mol. The first-order valence-corrected chi connectivity index (χ1v) is 12.1. The van der Waals surface area contributed by atoms with E-state index in [0.717, 1.165) is 54.9 Å². The van der Waals surface area contributed by atoms with Crippen LogP contribution in [0.4, 0.5) is 0 Å². The average molecular weight is 456 g/mol. The van der Waals surface area contributed by atoms with Gasteiger partial charge in [0.1, 0.15) is 11.6 Å². The van der Waals surface area contributed by atoms with E-state index < -0.39 is 0 Å². The van der Waals surface area contributed by atoms with Crippen LogP contribution >= 0.6 is 0 Å². The number of ether oxygens (including phenoxy) is 1. The molecule has 0 unspecified atom stereocenters. The van der Waals surface area contributed by atoms with Gasteiger partial charge in [0.2, 0.25) is 0 Å². The lowest BCUT2D eigenvalue weighted by Crippen LogP contribution is -2.25. The van der Waals surface area contributed by atoms with Gasteiger partial charge in [0.05, 0.1) is 17.6 Å². The highest BCUT2D eigenvalue weighted by atomic mass is 16.5. The van der Waals surface area contributed by atoms with E-state index in [2.05, 4.69) is 47.1 Å².